The maximum Gasteiger partial charge on any atom is 0.420 e. The third-order valence-electron chi connectivity index (χ3n) is 2.15. The molecule has 0 aliphatic heterocycles. The molecule has 0 bridgehead atoms. The smallest absolute Gasteiger partial charge is 0.420 e. The average Bonchev–Trinajstić information content (AvgIpc) is 2.41. The Balaban J connectivity index is 3.03. The van der Waals surface area contributed by atoms with Gasteiger partial charge in [-0.05, 0) is 12.1 Å². The molecule has 1 aromatic carbocycles. The number of carbonyl (C=O) groups is 1. The van der Waals surface area contributed by atoms with Gasteiger partial charge < -0.3 is 5.11 Å². The summed E-state index contributed by atoms with van der Waals surface area (Å²) in [4.78, 5) is 22.3. The maximum atomic E-state index is 11.5. The molecule has 0 radical (unpaired) electrons. The van der Waals surface area contributed by atoms with Crippen molar-refractivity contribution in [2.24, 2.45) is 7.05 Å². The number of benzene rings is 1. The molecule has 0 fully saturated rings. The van der Waals surface area contributed by atoms with E-state index in [0.717, 1.165) is 4.57 Å². The van der Waals surface area contributed by atoms with Crippen LogP contribution in [0.1, 0.15) is 0 Å². The van der Waals surface area contributed by atoms with Crippen molar-refractivity contribution >= 4 is 17.1 Å². The highest BCUT2D eigenvalue weighted by Crippen LogP contribution is 2.10. The van der Waals surface area contributed by atoms with E-state index < -0.39 is 11.8 Å². The van der Waals surface area contributed by atoms with Gasteiger partial charge in [-0.3, -0.25) is 4.57 Å². The predicted molar refractivity (Wildman–Crippen MR) is 50.6 cm³/mol. The maximum absolute atomic E-state index is 11.5. The zero-order valence-corrected chi connectivity index (χ0v) is 7.47. The van der Waals surface area contributed by atoms with Gasteiger partial charge in [0.25, 0.3) is 0 Å². The van der Waals surface area contributed by atoms with Gasteiger partial charge in [0.15, 0.2) is 0 Å². The summed E-state index contributed by atoms with van der Waals surface area (Å²) in [7, 11) is 1.55. The van der Waals surface area contributed by atoms with Crippen molar-refractivity contribution in [1.29, 1.82) is 0 Å². The van der Waals surface area contributed by atoms with Crippen LogP contribution >= 0.6 is 0 Å². The lowest BCUT2D eigenvalue weighted by molar-refractivity contribution is 0.196. The highest BCUT2D eigenvalue weighted by molar-refractivity contribution is 5.85. The van der Waals surface area contributed by atoms with Crippen LogP contribution in [0.15, 0.2) is 29.1 Å². The predicted octanol–water partition coefficient (Wildman–Crippen LogP) is 0.866. The third-order valence-corrected chi connectivity index (χ3v) is 2.15. The fourth-order valence-electron chi connectivity index (χ4n) is 1.48. The Morgan fingerprint density at radius 3 is 2.43 bits per heavy atom. The van der Waals surface area contributed by atoms with E-state index in [1.807, 2.05) is 0 Å². The summed E-state index contributed by atoms with van der Waals surface area (Å²) in [5.74, 6) is 0. The van der Waals surface area contributed by atoms with Crippen LogP contribution in [0.2, 0.25) is 0 Å². The molecule has 2 rings (SSSR count). The summed E-state index contributed by atoms with van der Waals surface area (Å²) in [5.41, 5.74) is 0.478. The number of nitrogens with zero attached hydrogens (tertiary/aromatic N) is 2. The number of hydrogen-bond acceptors (Lipinski definition) is 2. The molecule has 5 nitrogen and oxygen atoms in total. The van der Waals surface area contributed by atoms with E-state index in [1.54, 1.807) is 31.3 Å². The van der Waals surface area contributed by atoms with Gasteiger partial charge in [-0.15, -0.1) is 0 Å². The summed E-state index contributed by atoms with van der Waals surface area (Å²) in [5, 5.41) is 8.83. The van der Waals surface area contributed by atoms with Crippen molar-refractivity contribution in [3.05, 3.63) is 34.7 Å². The second kappa shape index (κ2) is 2.73. The molecule has 0 aliphatic rings. The minimum Gasteiger partial charge on any atom is -0.464 e. The van der Waals surface area contributed by atoms with Crippen LogP contribution in [0.4, 0.5) is 4.79 Å². The van der Waals surface area contributed by atoms with Crippen molar-refractivity contribution in [3.8, 4) is 0 Å². The molecule has 14 heavy (non-hydrogen) atoms. The van der Waals surface area contributed by atoms with E-state index in [2.05, 4.69) is 0 Å². The Bertz CT molecular complexity index is 565. The van der Waals surface area contributed by atoms with E-state index in [9.17, 15) is 9.59 Å². The van der Waals surface area contributed by atoms with Crippen LogP contribution in [0, 0.1) is 0 Å². The standard InChI is InChI=1S/C9H8N2O3/c1-10-6-4-2-3-5-7(6)11(8(10)12)9(13)14/h2-5H,1H3,(H,13,14). The lowest BCUT2D eigenvalue weighted by Gasteiger charge is -1.92. The molecule has 0 saturated heterocycles. The molecule has 0 saturated carbocycles. The van der Waals surface area contributed by atoms with Crippen LogP contribution in [-0.4, -0.2) is 20.3 Å². The number of para-hydroxylation sites is 2. The Morgan fingerprint density at radius 1 is 1.29 bits per heavy atom. The van der Waals surface area contributed by atoms with Gasteiger partial charge in [-0.1, -0.05) is 12.1 Å². The molecule has 1 heterocycles. The lowest BCUT2D eigenvalue weighted by Crippen LogP contribution is -2.26. The normalized spacial score (nSPS) is 10.6. The number of aryl methyl sites for hydroxylation is 1. The van der Waals surface area contributed by atoms with Gasteiger partial charge in [0.2, 0.25) is 0 Å². The van der Waals surface area contributed by atoms with E-state index in [-0.39, 0.29) is 0 Å². The molecule has 0 spiro atoms. The first kappa shape index (κ1) is 8.55. The number of fused-ring (bicyclic) bond motifs is 1. The summed E-state index contributed by atoms with van der Waals surface area (Å²) >= 11 is 0. The van der Waals surface area contributed by atoms with Crippen LogP contribution in [0.5, 0.6) is 0 Å². The van der Waals surface area contributed by atoms with Gasteiger partial charge in [-0.25, -0.2) is 9.59 Å². The van der Waals surface area contributed by atoms with E-state index >= 15 is 0 Å². The minimum atomic E-state index is -1.26. The highest BCUT2D eigenvalue weighted by Gasteiger charge is 2.14. The topological polar surface area (TPSA) is 64.2 Å². The molecular formula is C9H8N2O3. The monoisotopic (exact) mass is 192 g/mol. The summed E-state index contributed by atoms with van der Waals surface area (Å²) < 4.78 is 2.04. The van der Waals surface area contributed by atoms with Crippen molar-refractivity contribution < 1.29 is 9.90 Å². The summed E-state index contributed by atoms with van der Waals surface area (Å²) in [6.07, 6.45) is -1.26. The fourth-order valence-corrected chi connectivity index (χ4v) is 1.48. The molecule has 1 aromatic heterocycles. The van der Waals surface area contributed by atoms with Crippen molar-refractivity contribution in [1.82, 2.24) is 9.13 Å². The molecule has 0 aliphatic carbocycles. The zero-order chi connectivity index (χ0) is 10.3. The molecule has 5 heteroatoms. The Kier molecular flexibility index (Phi) is 1.67. The van der Waals surface area contributed by atoms with E-state index in [1.165, 1.54) is 4.57 Å². The van der Waals surface area contributed by atoms with Crippen LogP contribution in [0.25, 0.3) is 11.0 Å². The number of carboxylic acid groups (broad SMARTS) is 1. The zero-order valence-electron chi connectivity index (χ0n) is 7.47. The molecule has 2 aromatic rings. The third kappa shape index (κ3) is 0.953. The Labute approximate surface area is 78.8 Å². The number of aromatic nitrogens is 2. The van der Waals surface area contributed by atoms with Crippen LogP contribution in [-0.2, 0) is 7.05 Å². The van der Waals surface area contributed by atoms with E-state index in [4.69, 9.17) is 5.11 Å². The largest absolute Gasteiger partial charge is 0.464 e. The molecule has 0 atom stereocenters. The quantitative estimate of drug-likeness (QED) is 0.673. The minimum absolute atomic E-state index is 0.410. The molecule has 0 unspecified atom stereocenters. The van der Waals surface area contributed by atoms with E-state index in [0.29, 0.717) is 11.0 Å². The van der Waals surface area contributed by atoms with Crippen molar-refractivity contribution in [3.63, 3.8) is 0 Å². The lowest BCUT2D eigenvalue weighted by atomic mass is 10.3. The first-order valence-electron chi connectivity index (χ1n) is 4.02. The SMILES string of the molecule is Cn1c(=O)n(C(=O)O)c2ccccc21. The van der Waals surface area contributed by atoms with Gasteiger partial charge in [0.1, 0.15) is 0 Å². The van der Waals surface area contributed by atoms with Crippen molar-refractivity contribution in [2.75, 3.05) is 0 Å². The Hall–Kier alpha value is -2.04. The first-order valence-corrected chi connectivity index (χ1v) is 4.02. The average molecular weight is 192 g/mol. The second-order valence-electron chi connectivity index (χ2n) is 2.95. The Morgan fingerprint density at radius 2 is 1.86 bits per heavy atom. The molecular weight excluding hydrogens is 184 g/mol. The van der Waals surface area contributed by atoms with Gasteiger partial charge in [0.05, 0.1) is 11.0 Å². The van der Waals surface area contributed by atoms with Crippen LogP contribution < -0.4 is 5.69 Å². The number of rotatable bonds is 0. The molecule has 0 amide bonds. The van der Waals surface area contributed by atoms with Crippen LogP contribution in [0.3, 0.4) is 0 Å². The van der Waals surface area contributed by atoms with Gasteiger partial charge in [0, 0.05) is 7.05 Å². The number of hydrogen-bond donors (Lipinski definition) is 1. The molecule has 72 valence electrons. The molecule has 1 N–H and O–H groups in total. The summed E-state index contributed by atoms with van der Waals surface area (Å²) in [6.45, 7) is 0. The van der Waals surface area contributed by atoms with Gasteiger partial charge >= 0.3 is 11.8 Å². The second-order valence-corrected chi connectivity index (χ2v) is 2.95. The fraction of sp³-hybridized carbons (Fsp3) is 0.111. The first-order chi connectivity index (χ1) is 6.63. The van der Waals surface area contributed by atoms with Crippen molar-refractivity contribution in [2.45, 2.75) is 0 Å². The summed E-state index contributed by atoms with van der Waals surface area (Å²) in [6, 6.07) is 6.76. The number of imidazole rings is 1. The highest BCUT2D eigenvalue weighted by atomic mass is 16.4. The van der Waals surface area contributed by atoms with Gasteiger partial charge in [-0.2, -0.15) is 4.57 Å².